The number of thiazole rings is 5. The van der Waals surface area contributed by atoms with E-state index in [1.54, 1.807) is 52.6 Å². The predicted octanol–water partition coefficient (Wildman–Crippen LogP) is 8.62. The Morgan fingerprint density at radius 1 is 0.651 bits per heavy atom. The van der Waals surface area contributed by atoms with Gasteiger partial charge in [0.1, 0.15) is 15.4 Å². The van der Waals surface area contributed by atoms with Crippen LogP contribution in [0.3, 0.4) is 0 Å². The zero-order valence-corrected chi connectivity index (χ0v) is 29.7. The van der Waals surface area contributed by atoms with Crippen molar-refractivity contribution >= 4 is 77.9 Å². The molecule has 228 valence electrons. The number of hydrogen-bond acceptors (Lipinski definition) is 11. The van der Waals surface area contributed by atoms with Gasteiger partial charge in [0.15, 0.2) is 0 Å². The van der Waals surface area contributed by atoms with E-state index in [9.17, 15) is 0 Å². The molecule has 5 aromatic rings. The Labute approximate surface area is 282 Å². The first-order valence-corrected chi connectivity index (χ1v) is 17.5. The minimum atomic E-state index is 0. The van der Waals surface area contributed by atoms with Gasteiger partial charge in [-0.05, 0) is 44.5 Å². The van der Waals surface area contributed by atoms with Crippen molar-refractivity contribution < 1.29 is 16.8 Å². The summed E-state index contributed by atoms with van der Waals surface area (Å²) in [5.41, 5.74) is 0. The number of aromatic nitrogens is 5. The fourth-order valence-electron chi connectivity index (χ4n) is 3.03. The Morgan fingerprint density at radius 3 is 1.37 bits per heavy atom. The van der Waals surface area contributed by atoms with Crippen LogP contribution in [0.2, 0.25) is 0 Å². The first kappa shape index (κ1) is 35.0. The van der Waals surface area contributed by atoms with Crippen molar-refractivity contribution in [3.8, 4) is 0 Å². The van der Waals surface area contributed by atoms with Gasteiger partial charge in [0.05, 0.1) is 0 Å². The van der Waals surface area contributed by atoms with E-state index in [1.165, 1.54) is 37.3 Å². The van der Waals surface area contributed by atoms with Gasteiger partial charge in [-0.25, -0.2) is 15.0 Å². The van der Waals surface area contributed by atoms with E-state index in [0.717, 1.165) is 37.3 Å². The molecule has 0 bridgehead atoms. The summed E-state index contributed by atoms with van der Waals surface area (Å²) in [6.07, 6.45) is 13.8. The van der Waals surface area contributed by atoms with Crippen molar-refractivity contribution in [2.24, 2.45) is 15.0 Å². The second-order valence-corrected chi connectivity index (χ2v) is 14.6. The summed E-state index contributed by atoms with van der Waals surface area (Å²) in [6.45, 7) is 12.9. The Hall–Kier alpha value is -2.53. The molecule has 5 aromatic heterocycles. The maximum atomic E-state index is 4.36. The molecule has 0 radical (unpaired) electrons. The van der Waals surface area contributed by atoms with Crippen molar-refractivity contribution in [3.63, 3.8) is 0 Å². The molecular weight excluding hydrogens is 682 g/mol. The largest absolute Gasteiger partial charge is 3.00 e. The molecule has 0 amide bonds. The van der Waals surface area contributed by atoms with Crippen molar-refractivity contribution in [1.29, 1.82) is 0 Å². The van der Waals surface area contributed by atoms with E-state index in [2.05, 4.69) is 86.8 Å². The molecule has 0 aliphatic carbocycles. The van der Waals surface area contributed by atoms with Crippen LogP contribution in [0.1, 0.15) is 80.3 Å². The molecule has 1 aliphatic heterocycles. The average molecular weight is 714 g/mol. The predicted molar refractivity (Wildman–Crippen MR) is 179 cm³/mol. The molecule has 0 atom stereocenters. The molecule has 0 N–H and O–H groups in total. The summed E-state index contributed by atoms with van der Waals surface area (Å²) in [5, 5.41) is 10.4. The van der Waals surface area contributed by atoms with Crippen LogP contribution in [-0.4, -0.2) is 20.8 Å². The minimum absolute atomic E-state index is 0. The molecule has 6 rings (SSSR count). The number of rotatable bonds is 6. The Kier molecular flexibility index (Phi) is 14.4. The van der Waals surface area contributed by atoms with E-state index in [0.29, 0.717) is 17.8 Å². The van der Waals surface area contributed by atoms with Crippen molar-refractivity contribution in [1.82, 2.24) is 24.9 Å². The summed E-state index contributed by atoms with van der Waals surface area (Å²) in [6, 6.07) is 0. The normalized spacial score (nSPS) is 14.1. The van der Waals surface area contributed by atoms with Crippen molar-refractivity contribution in [2.45, 2.75) is 65.7 Å². The first-order valence-electron chi connectivity index (χ1n) is 13.3. The molecule has 6 heterocycles. The van der Waals surface area contributed by atoms with E-state index in [-0.39, 0.29) is 16.8 Å². The van der Waals surface area contributed by atoms with Crippen LogP contribution in [-0.2, 0) is 16.8 Å². The van der Waals surface area contributed by atoms with Gasteiger partial charge in [0.2, 0.25) is 0 Å². The number of hydrogen-bond donors (Lipinski definition) is 0. The maximum Gasteiger partial charge on any atom is 3.00 e. The van der Waals surface area contributed by atoms with Crippen LogP contribution in [0.25, 0.3) is 5.32 Å². The molecule has 0 saturated heterocycles. The standard InChI is InChI=1S/C10H12N3S.2C9H10N3S2.Co/c1-7(2)8-6-12-10(14-8)13-9-4-3-5-11-9;2*1-6(2)7-5-11-9(14-7)12-8-10-3-4-13-8;/h3,5-7H,4H2,1-2H3;2*3-6H,1-2H3;/q3*-1;+3. The van der Waals surface area contributed by atoms with Gasteiger partial charge in [-0.1, -0.05) is 72.0 Å². The third-order valence-corrected chi connectivity index (χ3v) is 10.2. The summed E-state index contributed by atoms with van der Waals surface area (Å²) in [7, 11) is 0. The zero-order chi connectivity index (χ0) is 29.9. The Morgan fingerprint density at radius 2 is 1.07 bits per heavy atom. The van der Waals surface area contributed by atoms with Crippen LogP contribution >= 0.6 is 56.7 Å². The maximum absolute atomic E-state index is 4.36. The molecule has 9 nitrogen and oxygen atoms in total. The van der Waals surface area contributed by atoms with Crippen LogP contribution in [0.5, 0.6) is 0 Å². The second kappa shape index (κ2) is 17.7. The van der Waals surface area contributed by atoms with E-state index in [1.807, 2.05) is 35.4 Å². The smallest absolute Gasteiger partial charge is 0.446 e. The average Bonchev–Trinajstić information content (AvgIpc) is 3.79. The summed E-state index contributed by atoms with van der Waals surface area (Å²) < 4.78 is 0. The van der Waals surface area contributed by atoms with E-state index in [4.69, 9.17) is 0 Å². The Bertz CT molecular complexity index is 1580. The SMILES string of the molecule is CC(C)c1cnc(/N=C2/CC=C[N-]2)s1.CC(C)c1cnc(/N=c2\[n-]ccs2)s1.CC(C)c1cnc(/N=c2\[n-]ccs2)s1.[Co+3]. The third-order valence-electron chi connectivity index (χ3n) is 5.32. The van der Waals surface area contributed by atoms with Gasteiger partial charge in [0, 0.05) is 33.2 Å². The van der Waals surface area contributed by atoms with Gasteiger partial charge < -0.3 is 30.3 Å². The second-order valence-electron chi connectivity index (χ2n) is 9.70. The topological polar surface area (TPSA) is 118 Å². The fraction of sp³-hybridized carbons (Fsp3) is 0.357. The summed E-state index contributed by atoms with van der Waals surface area (Å²) in [4.78, 5) is 39.2. The van der Waals surface area contributed by atoms with Gasteiger partial charge in [-0.3, -0.25) is 0 Å². The minimum Gasteiger partial charge on any atom is -0.446 e. The third kappa shape index (κ3) is 11.5. The van der Waals surface area contributed by atoms with Crippen LogP contribution < -0.4 is 19.6 Å². The van der Waals surface area contributed by atoms with Crippen LogP contribution in [0.15, 0.2) is 69.0 Å². The number of aliphatic imine (C=N–C) groups is 1. The van der Waals surface area contributed by atoms with E-state index >= 15 is 0 Å². The molecule has 0 unspecified atom stereocenters. The summed E-state index contributed by atoms with van der Waals surface area (Å²) in [5.74, 6) is 2.43. The molecule has 0 saturated carbocycles. The molecule has 0 spiro atoms. The molecule has 0 fully saturated rings. The Balaban J connectivity index is 0.000000175. The van der Waals surface area contributed by atoms with Crippen molar-refractivity contribution in [2.75, 3.05) is 0 Å². The number of amidine groups is 1. The van der Waals surface area contributed by atoms with Gasteiger partial charge in [0.25, 0.3) is 0 Å². The van der Waals surface area contributed by atoms with Crippen molar-refractivity contribution in [3.05, 3.63) is 83.6 Å². The van der Waals surface area contributed by atoms with Gasteiger partial charge in [-0.2, -0.15) is 22.7 Å². The van der Waals surface area contributed by atoms with Crippen LogP contribution in [0, 0.1) is 0 Å². The molecule has 15 heteroatoms. The summed E-state index contributed by atoms with van der Waals surface area (Å²) >= 11 is 7.95. The van der Waals surface area contributed by atoms with E-state index < -0.39 is 0 Å². The zero-order valence-electron chi connectivity index (χ0n) is 24.5. The fourth-order valence-corrected chi connectivity index (χ4v) is 6.54. The molecule has 0 aromatic carbocycles. The molecule has 43 heavy (non-hydrogen) atoms. The quantitative estimate of drug-likeness (QED) is 0.175. The molecule has 1 aliphatic rings. The number of nitrogens with zero attached hydrogens (tertiary/aromatic N) is 9. The molecular formula is C28H32CoN9S5. The van der Waals surface area contributed by atoms with Gasteiger partial charge >= 0.3 is 16.8 Å². The monoisotopic (exact) mass is 713 g/mol. The van der Waals surface area contributed by atoms with Gasteiger partial charge in [-0.15, -0.1) is 34.0 Å². The van der Waals surface area contributed by atoms with Crippen LogP contribution in [0.4, 0.5) is 15.4 Å². The first-order chi connectivity index (χ1) is 20.3.